The lowest BCUT2D eigenvalue weighted by atomic mass is 9.84. The van der Waals surface area contributed by atoms with Crippen molar-refractivity contribution < 1.29 is 4.79 Å². The minimum atomic E-state index is -0.0181. The van der Waals surface area contributed by atoms with Gasteiger partial charge in [0.1, 0.15) is 0 Å². The Bertz CT molecular complexity index is 720. The van der Waals surface area contributed by atoms with Gasteiger partial charge in [0.2, 0.25) is 5.91 Å². The summed E-state index contributed by atoms with van der Waals surface area (Å²) in [5.41, 5.74) is 3.57. The van der Waals surface area contributed by atoms with Crippen molar-refractivity contribution in [2.75, 3.05) is 18.4 Å². The highest BCUT2D eigenvalue weighted by atomic mass is 16.1. The van der Waals surface area contributed by atoms with Gasteiger partial charge in [0.15, 0.2) is 0 Å². The van der Waals surface area contributed by atoms with Crippen LogP contribution in [0.4, 0.5) is 5.69 Å². The average Bonchev–Trinajstić information content (AvgIpc) is 3.20. The summed E-state index contributed by atoms with van der Waals surface area (Å²) in [7, 11) is 0. The van der Waals surface area contributed by atoms with Crippen LogP contribution >= 0.6 is 0 Å². The highest BCUT2D eigenvalue weighted by Gasteiger charge is 2.33. The molecule has 2 aromatic carbocycles. The van der Waals surface area contributed by atoms with Gasteiger partial charge in [-0.15, -0.1) is 0 Å². The van der Waals surface area contributed by atoms with Gasteiger partial charge in [-0.05, 0) is 42.0 Å². The van der Waals surface area contributed by atoms with Gasteiger partial charge >= 0.3 is 0 Å². The molecule has 0 aromatic heterocycles. The van der Waals surface area contributed by atoms with E-state index in [9.17, 15) is 4.79 Å². The van der Waals surface area contributed by atoms with Gasteiger partial charge < -0.3 is 10.6 Å². The van der Waals surface area contributed by atoms with Crippen molar-refractivity contribution in [1.29, 1.82) is 0 Å². The zero-order valence-electron chi connectivity index (χ0n) is 15.3. The number of nitrogens with one attached hydrogen (secondary N) is 2. The summed E-state index contributed by atoms with van der Waals surface area (Å²) < 4.78 is 0. The Labute approximate surface area is 156 Å². The maximum atomic E-state index is 12.8. The van der Waals surface area contributed by atoms with E-state index in [0.717, 1.165) is 18.8 Å². The number of hydrogen-bond donors (Lipinski definition) is 2. The second-order valence-corrected chi connectivity index (χ2v) is 7.73. The fraction of sp³-hybridized carbons (Fsp3) is 0.435. The zero-order valence-corrected chi connectivity index (χ0v) is 15.3. The molecule has 2 atom stereocenters. The van der Waals surface area contributed by atoms with E-state index >= 15 is 0 Å². The van der Waals surface area contributed by atoms with Crippen LogP contribution in [0.25, 0.3) is 0 Å². The standard InChI is InChI=1S/C23H28N2O/c26-23(22-16-24-15-21(22)19-9-5-2-6-10-19)25-20-13-11-18(12-14-20)17-7-3-1-4-8-17/h2,5-6,9-14,17,21-22,24H,1,3-4,7-8,15-16H2,(H,25,26)/t21-,22+/m0/s1. The molecule has 1 saturated heterocycles. The van der Waals surface area contributed by atoms with Crippen molar-refractivity contribution in [2.24, 2.45) is 5.92 Å². The van der Waals surface area contributed by atoms with Gasteiger partial charge in [-0.1, -0.05) is 61.7 Å². The van der Waals surface area contributed by atoms with E-state index in [1.165, 1.54) is 43.2 Å². The van der Waals surface area contributed by atoms with E-state index < -0.39 is 0 Å². The summed E-state index contributed by atoms with van der Waals surface area (Å²) in [5.74, 6) is 1.05. The molecule has 4 rings (SSSR count). The third-order valence-corrected chi connectivity index (χ3v) is 6.03. The van der Waals surface area contributed by atoms with Crippen molar-refractivity contribution in [2.45, 2.75) is 43.9 Å². The minimum Gasteiger partial charge on any atom is -0.326 e. The van der Waals surface area contributed by atoms with Gasteiger partial charge in [-0.2, -0.15) is 0 Å². The molecule has 3 nitrogen and oxygen atoms in total. The van der Waals surface area contributed by atoms with Crippen LogP contribution in [-0.2, 0) is 4.79 Å². The predicted molar refractivity (Wildman–Crippen MR) is 106 cm³/mol. The van der Waals surface area contributed by atoms with Gasteiger partial charge in [0.25, 0.3) is 0 Å². The van der Waals surface area contributed by atoms with E-state index in [1.54, 1.807) is 0 Å². The van der Waals surface area contributed by atoms with E-state index in [-0.39, 0.29) is 17.7 Å². The van der Waals surface area contributed by atoms with Crippen molar-refractivity contribution in [3.63, 3.8) is 0 Å². The molecule has 0 spiro atoms. The molecule has 2 aliphatic rings. The molecule has 136 valence electrons. The Balaban J connectivity index is 1.41. The Morgan fingerprint density at radius 3 is 2.31 bits per heavy atom. The number of rotatable bonds is 4. The van der Waals surface area contributed by atoms with Crippen LogP contribution in [0.1, 0.15) is 55.1 Å². The van der Waals surface area contributed by atoms with E-state index in [0.29, 0.717) is 5.92 Å². The molecule has 3 heteroatoms. The Morgan fingerprint density at radius 2 is 1.58 bits per heavy atom. The fourth-order valence-electron chi connectivity index (χ4n) is 4.51. The van der Waals surface area contributed by atoms with Gasteiger partial charge in [0.05, 0.1) is 5.92 Å². The average molecular weight is 348 g/mol. The molecule has 0 unspecified atom stereocenters. The maximum Gasteiger partial charge on any atom is 0.229 e. The van der Waals surface area contributed by atoms with Crippen LogP contribution < -0.4 is 10.6 Å². The van der Waals surface area contributed by atoms with Crippen LogP contribution in [0.5, 0.6) is 0 Å². The molecule has 0 bridgehead atoms. The number of carbonyl (C=O) groups is 1. The van der Waals surface area contributed by atoms with Crippen LogP contribution in [0.2, 0.25) is 0 Å². The molecule has 1 amide bonds. The van der Waals surface area contributed by atoms with Crippen molar-refractivity contribution in [3.05, 3.63) is 65.7 Å². The fourth-order valence-corrected chi connectivity index (χ4v) is 4.51. The highest BCUT2D eigenvalue weighted by molar-refractivity contribution is 5.93. The van der Waals surface area contributed by atoms with E-state index in [2.05, 4.69) is 47.0 Å². The topological polar surface area (TPSA) is 41.1 Å². The maximum absolute atomic E-state index is 12.8. The molecular weight excluding hydrogens is 320 g/mol. The summed E-state index contributed by atoms with van der Waals surface area (Å²) in [6, 6.07) is 18.9. The molecule has 1 heterocycles. The quantitative estimate of drug-likeness (QED) is 0.842. The van der Waals surface area contributed by atoms with Gasteiger partial charge in [-0.3, -0.25) is 4.79 Å². The first-order valence-electron chi connectivity index (χ1n) is 9.98. The molecule has 1 aliphatic heterocycles. The molecule has 1 saturated carbocycles. The minimum absolute atomic E-state index is 0.0181. The lowest BCUT2D eigenvalue weighted by molar-refractivity contribution is -0.119. The number of hydrogen-bond acceptors (Lipinski definition) is 2. The first kappa shape index (κ1) is 17.3. The third-order valence-electron chi connectivity index (χ3n) is 6.03. The third kappa shape index (κ3) is 3.83. The van der Waals surface area contributed by atoms with Crippen molar-refractivity contribution >= 4 is 11.6 Å². The molecular formula is C23H28N2O. The molecule has 2 fully saturated rings. The number of carbonyl (C=O) groups excluding carboxylic acids is 1. The summed E-state index contributed by atoms with van der Waals surface area (Å²) in [4.78, 5) is 12.8. The second kappa shape index (κ2) is 8.05. The van der Waals surface area contributed by atoms with Crippen LogP contribution in [0.3, 0.4) is 0 Å². The molecule has 26 heavy (non-hydrogen) atoms. The van der Waals surface area contributed by atoms with Crippen LogP contribution in [0.15, 0.2) is 54.6 Å². The summed E-state index contributed by atoms with van der Waals surface area (Å²) in [5, 5.41) is 6.51. The normalized spacial score (nSPS) is 23.7. The first-order valence-corrected chi connectivity index (χ1v) is 9.98. The lowest BCUT2D eigenvalue weighted by Gasteiger charge is -2.22. The summed E-state index contributed by atoms with van der Waals surface area (Å²) in [6.45, 7) is 1.61. The van der Waals surface area contributed by atoms with Crippen LogP contribution in [0, 0.1) is 5.92 Å². The number of amides is 1. The molecule has 1 aliphatic carbocycles. The van der Waals surface area contributed by atoms with Crippen molar-refractivity contribution in [3.8, 4) is 0 Å². The molecule has 2 aromatic rings. The van der Waals surface area contributed by atoms with Gasteiger partial charge in [0, 0.05) is 24.7 Å². The Kier molecular flexibility index (Phi) is 5.35. The number of benzene rings is 2. The smallest absolute Gasteiger partial charge is 0.229 e. The Morgan fingerprint density at radius 1 is 0.846 bits per heavy atom. The zero-order chi connectivity index (χ0) is 17.8. The molecule has 0 radical (unpaired) electrons. The monoisotopic (exact) mass is 348 g/mol. The van der Waals surface area contributed by atoms with E-state index in [1.807, 2.05) is 18.2 Å². The number of anilines is 1. The lowest BCUT2D eigenvalue weighted by Crippen LogP contribution is -2.28. The van der Waals surface area contributed by atoms with Gasteiger partial charge in [-0.25, -0.2) is 0 Å². The van der Waals surface area contributed by atoms with Crippen molar-refractivity contribution in [1.82, 2.24) is 5.32 Å². The SMILES string of the molecule is O=C(Nc1ccc(C2CCCCC2)cc1)[C@@H]1CNC[C@H]1c1ccccc1. The highest BCUT2D eigenvalue weighted by Crippen LogP contribution is 2.33. The Hall–Kier alpha value is -2.13. The first-order chi connectivity index (χ1) is 12.8. The predicted octanol–water partition coefficient (Wildman–Crippen LogP) is 4.68. The van der Waals surface area contributed by atoms with E-state index in [4.69, 9.17) is 0 Å². The second-order valence-electron chi connectivity index (χ2n) is 7.73. The molecule has 2 N–H and O–H groups in total. The summed E-state index contributed by atoms with van der Waals surface area (Å²) >= 11 is 0. The van der Waals surface area contributed by atoms with Crippen LogP contribution in [-0.4, -0.2) is 19.0 Å². The largest absolute Gasteiger partial charge is 0.326 e. The summed E-state index contributed by atoms with van der Waals surface area (Å²) in [6.07, 6.45) is 6.68.